The van der Waals surface area contributed by atoms with Gasteiger partial charge in [-0.1, -0.05) is 18.2 Å². The van der Waals surface area contributed by atoms with Crippen LogP contribution < -0.4 is 5.32 Å². The smallest absolute Gasteiger partial charge is 0.237 e. The molecule has 100 valence electrons. The van der Waals surface area contributed by atoms with Gasteiger partial charge < -0.3 is 10.2 Å². The number of piperazine rings is 1. The second kappa shape index (κ2) is 4.98. The van der Waals surface area contributed by atoms with Crippen molar-refractivity contribution in [2.75, 3.05) is 19.6 Å². The molecule has 0 saturated carbocycles. The van der Waals surface area contributed by atoms with Crippen LogP contribution in [0.4, 0.5) is 0 Å². The maximum absolute atomic E-state index is 12.1. The second-order valence-corrected chi connectivity index (χ2v) is 5.00. The predicted molar refractivity (Wildman–Crippen MR) is 70.0 cm³/mol. The number of nitriles is 1. The number of rotatable bonds is 2. The minimum atomic E-state index is -0.867. The first-order valence-electron chi connectivity index (χ1n) is 6.32. The van der Waals surface area contributed by atoms with Gasteiger partial charge in [0.05, 0.1) is 24.1 Å². The number of nitrogens with zero attached hydrogens (tertiary/aromatic N) is 2. The highest BCUT2D eigenvalue weighted by Crippen LogP contribution is 2.37. The molecular weight excluding hydrogens is 242 g/mol. The van der Waals surface area contributed by atoms with E-state index in [9.17, 15) is 14.9 Å². The van der Waals surface area contributed by atoms with E-state index in [0.29, 0.717) is 18.7 Å². The summed E-state index contributed by atoms with van der Waals surface area (Å²) in [7, 11) is 0. The largest absolute Gasteiger partial charge is 0.329 e. The van der Waals surface area contributed by atoms with E-state index >= 15 is 0 Å². The third-order valence-corrected chi connectivity index (χ3v) is 3.89. The highest BCUT2D eigenvalue weighted by Gasteiger charge is 2.47. The maximum Gasteiger partial charge on any atom is 0.237 e. The fourth-order valence-electron chi connectivity index (χ4n) is 2.84. The van der Waals surface area contributed by atoms with Crippen LogP contribution in [0.5, 0.6) is 0 Å². The molecule has 2 unspecified atom stereocenters. The van der Waals surface area contributed by atoms with Crippen molar-refractivity contribution in [1.82, 2.24) is 10.2 Å². The van der Waals surface area contributed by atoms with Gasteiger partial charge >= 0.3 is 0 Å². The van der Waals surface area contributed by atoms with Crippen molar-refractivity contribution >= 4 is 11.7 Å². The predicted octanol–water partition coefficient (Wildman–Crippen LogP) is 0.402. The number of ketones is 1. The molecule has 2 aliphatic rings. The third kappa shape index (κ3) is 2.08. The van der Waals surface area contributed by atoms with Crippen LogP contribution in [0.15, 0.2) is 23.8 Å². The summed E-state index contributed by atoms with van der Waals surface area (Å²) >= 11 is 0. The maximum atomic E-state index is 12.1. The molecule has 5 nitrogen and oxygen atoms in total. The Morgan fingerprint density at radius 3 is 2.95 bits per heavy atom. The van der Waals surface area contributed by atoms with Crippen molar-refractivity contribution in [3.05, 3.63) is 23.8 Å². The van der Waals surface area contributed by atoms with E-state index in [2.05, 4.69) is 11.4 Å². The first-order chi connectivity index (χ1) is 9.01. The Hall–Kier alpha value is -1.93. The molecule has 1 amide bonds. The zero-order valence-electron chi connectivity index (χ0n) is 11.1. The summed E-state index contributed by atoms with van der Waals surface area (Å²) in [6.45, 7) is 4.72. The molecule has 0 spiro atoms. The Balaban J connectivity index is 2.48. The lowest BCUT2D eigenvalue weighted by Crippen LogP contribution is -2.62. The summed E-state index contributed by atoms with van der Waals surface area (Å²) < 4.78 is 0. The van der Waals surface area contributed by atoms with Crippen LogP contribution in [-0.4, -0.2) is 41.8 Å². The van der Waals surface area contributed by atoms with Crippen LogP contribution in [0.3, 0.4) is 0 Å². The number of carbonyl (C=O) groups is 2. The average molecular weight is 259 g/mol. The second-order valence-electron chi connectivity index (χ2n) is 5.00. The highest BCUT2D eigenvalue weighted by molar-refractivity contribution is 5.97. The molecule has 5 heteroatoms. The number of hydrogen-bond donors (Lipinski definition) is 1. The van der Waals surface area contributed by atoms with Crippen LogP contribution in [0.2, 0.25) is 0 Å². The summed E-state index contributed by atoms with van der Waals surface area (Å²) in [4.78, 5) is 25.6. The monoisotopic (exact) mass is 259 g/mol. The standard InChI is InChI=1S/C14H17N3O2/c1-10(18)12-5-3-4-11(8-15)14(12,2)17-7-6-16-9-13(17)19/h3-5,11,16H,6-7,9H2,1-2H3. The number of amides is 1. The van der Waals surface area contributed by atoms with Crippen molar-refractivity contribution in [2.24, 2.45) is 5.92 Å². The SMILES string of the molecule is CC(=O)C1=CC=CC(C#N)C1(C)N1CCNCC1=O. The van der Waals surface area contributed by atoms with Gasteiger partial charge in [0.1, 0.15) is 0 Å². The zero-order valence-corrected chi connectivity index (χ0v) is 11.1. The van der Waals surface area contributed by atoms with Crippen LogP contribution >= 0.6 is 0 Å². The molecule has 1 aliphatic heterocycles. The van der Waals surface area contributed by atoms with Gasteiger partial charge in [-0.3, -0.25) is 9.59 Å². The van der Waals surface area contributed by atoms with E-state index in [1.54, 1.807) is 30.1 Å². The Morgan fingerprint density at radius 1 is 1.63 bits per heavy atom. The van der Waals surface area contributed by atoms with Crippen molar-refractivity contribution < 1.29 is 9.59 Å². The first-order valence-corrected chi connectivity index (χ1v) is 6.32. The van der Waals surface area contributed by atoms with Crippen LogP contribution in [0, 0.1) is 17.2 Å². The number of carbonyl (C=O) groups excluding carboxylic acids is 2. The first kappa shape index (κ1) is 13.5. The Labute approximate surface area is 112 Å². The van der Waals surface area contributed by atoms with Gasteiger partial charge in [0, 0.05) is 18.7 Å². The molecule has 1 saturated heterocycles. The van der Waals surface area contributed by atoms with Crippen molar-refractivity contribution in [3.8, 4) is 6.07 Å². The third-order valence-electron chi connectivity index (χ3n) is 3.89. The minimum absolute atomic E-state index is 0.0727. The molecule has 19 heavy (non-hydrogen) atoms. The van der Waals surface area contributed by atoms with E-state index in [-0.39, 0.29) is 18.2 Å². The van der Waals surface area contributed by atoms with Crippen LogP contribution in [-0.2, 0) is 9.59 Å². The van der Waals surface area contributed by atoms with E-state index in [0.717, 1.165) is 0 Å². The molecule has 1 heterocycles. The van der Waals surface area contributed by atoms with Crippen molar-refractivity contribution in [1.29, 1.82) is 5.26 Å². The van der Waals surface area contributed by atoms with E-state index in [1.807, 2.05) is 0 Å². The lowest BCUT2D eigenvalue weighted by molar-refractivity contribution is -0.138. The van der Waals surface area contributed by atoms with Gasteiger partial charge in [-0.05, 0) is 13.8 Å². The van der Waals surface area contributed by atoms with E-state index in [4.69, 9.17) is 0 Å². The molecule has 0 aromatic heterocycles. The van der Waals surface area contributed by atoms with Crippen LogP contribution in [0.25, 0.3) is 0 Å². The highest BCUT2D eigenvalue weighted by atomic mass is 16.2. The summed E-state index contributed by atoms with van der Waals surface area (Å²) in [5.41, 5.74) is -0.342. The van der Waals surface area contributed by atoms with Gasteiger partial charge in [-0.25, -0.2) is 0 Å². The zero-order chi connectivity index (χ0) is 14.0. The van der Waals surface area contributed by atoms with Gasteiger partial charge in [-0.2, -0.15) is 5.26 Å². The van der Waals surface area contributed by atoms with Crippen LogP contribution in [0.1, 0.15) is 13.8 Å². The molecule has 2 rings (SSSR count). The number of hydrogen-bond acceptors (Lipinski definition) is 4. The fraction of sp³-hybridized carbons (Fsp3) is 0.500. The molecular formula is C14H17N3O2. The summed E-state index contributed by atoms with van der Waals surface area (Å²) in [5, 5.41) is 12.4. The van der Waals surface area contributed by atoms with Crippen molar-refractivity contribution in [3.63, 3.8) is 0 Å². The fourth-order valence-corrected chi connectivity index (χ4v) is 2.84. The molecule has 0 aromatic carbocycles. The molecule has 0 aromatic rings. The summed E-state index contributed by atoms with van der Waals surface area (Å²) in [6, 6.07) is 2.20. The quantitative estimate of drug-likeness (QED) is 0.779. The number of allylic oxidation sites excluding steroid dienone is 2. The van der Waals surface area contributed by atoms with Crippen molar-refractivity contribution in [2.45, 2.75) is 19.4 Å². The Morgan fingerprint density at radius 2 is 2.37 bits per heavy atom. The molecule has 0 radical (unpaired) electrons. The van der Waals surface area contributed by atoms with Gasteiger partial charge in [-0.15, -0.1) is 0 Å². The minimum Gasteiger partial charge on any atom is -0.329 e. The Bertz CT molecular complexity index is 515. The molecule has 1 fully saturated rings. The Kier molecular flexibility index (Phi) is 3.54. The van der Waals surface area contributed by atoms with E-state index in [1.165, 1.54) is 6.92 Å². The molecule has 2 atom stereocenters. The average Bonchev–Trinajstić information content (AvgIpc) is 2.38. The summed E-state index contributed by atoms with van der Waals surface area (Å²) in [5.74, 6) is -0.673. The lowest BCUT2D eigenvalue weighted by atomic mass is 9.73. The molecule has 1 N–H and O–H groups in total. The van der Waals surface area contributed by atoms with Gasteiger partial charge in [0.25, 0.3) is 0 Å². The number of nitrogens with one attached hydrogen (secondary N) is 1. The van der Waals surface area contributed by atoms with Gasteiger partial charge in [0.15, 0.2) is 5.78 Å². The van der Waals surface area contributed by atoms with E-state index < -0.39 is 11.5 Å². The lowest BCUT2D eigenvalue weighted by Gasteiger charge is -2.47. The normalized spacial score (nSPS) is 30.8. The summed E-state index contributed by atoms with van der Waals surface area (Å²) in [6.07, 6.45) is 5.19. The number of Topliss-reactive ketones (excluding diaryl/α,β-unsaturated/α-hetero) is 1. The molecule has 0 bridgehead atoms. The molecule has 1 aliphatic carbocycles. The van der Waals surface area contributed by atoms with Gasteiger partial charge in [0.2, 0.25) is 5.91 Å². The topological polar surface area (TPSA) is 73.2 Å².